The van der Waals surface area contributed by atoms with Crippen molar-refractivity contribution in [1.82, 2.24) is 0 Å². The second-order valence-electron chi connectivity index (χ2n) is 6.42. The highest BCUT2D eigenvalue weighted by atomic mass is 16.7. The largest absolute Gasteiger partial charge is 0.508 e. The number of phenols is 2. The number of ether oxygens (including phenoxy) is 3. The van der Waals surface area contributed by atoms with Crippen molar-refractivity contribution in [2.24, 2.45) is 0 Å². The third-order valence-corrected chi connectivity index (χ3v) is 4.51. The normalized spacial score (nSPS) is 27.4. The van der Waals surface area contributed by atoms with Crippen LogP contribution >= 0.6 is 0 Å². The van der Waals surface area contributed by atoms with Crippen LogP contribution < -0.4 is 9.47 Å². The van der Waals surface area contributed by atoms with Gasteiger partial charge in [0.15, 0.2) is 11.5 Å². The van der Waals surface area contributed by atoms with Crippen LogP contribution in [0.4, 0.5) is 0 Å². The quantitative estimate of drug-likeness (QED) is 0.410. The van der Waals surface area contributed by atoms with E-state index in [-0.39, 0.29) is 17.2 Å². The fourth-order valence-electron chi connectivity index (χ4n) is 2.95. The first-order chi connectivity index (χ1) is 13.3. The standard InChI is InChI=1S/C19H22O9/c1-26-12-5-10(4-11(21)7-12)9-2-3-13(22)14(6-9)27-19-18(25)17(24)16(23)15(8-20)28-19/h2-7,15-25H,8H2,1H3/t15-,16-,17-,18-,19-/m1/s1. The Morgan fingerprint density at radius 3 is 2.36 bits per heavy atom. The number of aliphatic hydroxyl groups excluding tert-OH is 4. The molecule has 6 N–H and O–H groups in total. The van der Waals surface area contributed by atoms with Gasteiger partial charge in [0.2, 0.25) is 6.29 Å². The SMILES string of the molecule is COc1cc(O)cc(-c2ccc(O)c(O[C@@H]3O[C@H](CO)[C@@H](O)[C@@H](O)[C@H]3O)c2)c1. The molecule has 1 aliphatic heterocycles. The molecule has 0 radical (unpaired) electrons. The number of aliphatic hydroxyl groups is 4. The highest BCUT2D eigenvalue weighted by molar-refractivity contribution is 5.70. The lowest BCUT2D eigenvalue weighted by Gasteiger charge is -2.39. The van der Waals surface area contributed by atoms with Crippen molar-refractivity contribution >= 4 is 0 Å². The number of phenolic OH excluding ortho intramolecular Hbond substituents is 2. The first kappa shape index (κ1) is 20.2. The molecule has 0 bridgehead atoms. The summed E-state index contributed by atoms with van der Waals surface area (Å²) in [6.07, 6.45) is -7.29. The molecular weight excluding hydrogens is 372 g/mol. The Morgan fingerprint density at radius 2 is 1.68 bits per heavy atom. The van der Waals surface area contributed by atoms with Crippen LogP contribution in [0, 0.1) is 0 Å². The topological polar surface area (TPSA) is 149 Å². The zero-order chi connectivity index (χ0) is 20.4. The van der Waals surface area contributed by atoms with Crippen molar-refractivity contribution < 1.29 is 44.8 Å². The summed E-state index contributed by atoms with van der Waals surface area (Å²) >= 11 is 0. The lowest BCUT2D eigenvalue weighted by Crippen LogP contribution is -2.60. The van der Waals surface area contributed by atoms with Crippen LogP contribution in [0.5, 0.6) is 23.0 Å². The van der Waals surface area contributed by atoms with E-state index in [4.69, 9.17) is 14.2 Å². The van der Waals surface area contributed by atoms with E-state index in [0.717, 1.165) is 0 Å². The molecule has 0 aliphatic carbocycles. The molecule has 1 fully saturated rings. The van der Waals surface area contributed by atoms with Gasteiger partial charge < -0.3 is 44.8 Å². The van der Waals surface area contributed by atoms with Gasteiger partial charge in [0.1, 0.15) is 35.9 Å². The van der Waals surface area contributed by atoms with Gasteiger partial charge in [-0.05, 0) is 35.4 Å². The van der Waals surface area contributed by atoms with Crippen LogP contribution in [0.15, 0.2) is 36.4 Å². The van der Waals surface area contributed by atoms with Gasteiger partial charge in [0.25, 0.3) is 0 Å². The number of hydrogen-bond donors (Lipinski definition) is 6. The van der Waals surface area contributed by atoms with Crippen LogP contribution in [0.3, 0.4) is 0 Å². The van der Waals surface area contributed by atoms with E-state index in [9.17, 15) is 30.6 Å². The summed E-state index contributed by atoms with van der Waals surface area (Å²) in [4.78, 5) is 0. The Labute approximate surface area is 160 Å². The van der Waals surface area contributed by atoms with Crippen LogP contribution in [-0.2, 0) is 4.74 Å². The van der Waals surface area contributed by atoms with Gasteiger partial charge in [-0.15, -0.1) is 0 Å². The number of methoxy groups -OCH3 is 1. The summed E-state index contributed by atoms with van der Waals surface area (Å²) in [6.45, 7) is -0.597. The number of hydrogen-bond acceptors (Lipinski definition) is 9. The zero-order valence-electron chi connectivity index (χ0n) is 15.0. The molecule has 0 unspecified atom stereocenters. The molecule has 2 aromatic rings. The van der Waals surface area contributed by atoms with Crippen LogP contribution in [0.2, 0.25) is 0 Å². The number of aromatic hydroxyl groups is 2. The lowest BCUT2D eigenvalue weighted by atomic mass is 9.99. The van der Waals surface area contributed by atoms with Crippen molar-refractivity contribution in [3.05, 3.63) is 36.4 Å². The Morgan fingerprint density at radius 1 is 0.929 bits per heavy atom. The minimum atomic E-state index is -1.61. The van der Waals surface area contributed by atoms with E-state index in [0.29, 0.717) is 16.9 Å². The highest BCUT2D eigenvalue weighted by Crippen LogP contribution is 2.36. The average Bonchev–Trinajstić information content (AvgIpc) is 2.69. The molecule has 1 heterocycles. The third kappa shape index (κ3) is 3.98. The highest BCUT2D eigenvalue weighted by Gasteiger charge is 2.44. The summed E-state index contributed by atoms with van der Waals surface area (Å²) in [5.74, 6) is 0.0928. The second kappa shape index (κ2) is 8.21. The van der Waals surface area contributed by atoms with Crippen molar-refractivity contribution in [3.63, 3.8) is 0 Å². The molecule has 3 rings (SSSR count). The maximum Gasteiger partial charge on any atom is 0.229 e. The van der Waals surface area contributed by atoms with Crippen LogP contribution in [0.1, 0.15) is 0 Å². The first-order valence-electron chi connectivity index (χ1n) is 8.52. The van der Waals surface area contributed by atoms with Crippen molar-refractivity contribution in [1.29, 1.82) is 0 Å². The number of benzene rings is 2. The van der Waals surface area contributed by atoms with E-state index in [1.54, 1.807) is 12.1 Å². The summed E-state index contributed by atoms with van der Waals surface area (Å²) in [7, 11) is 1.46. The summed E-state index contributed by atoms with van der Waals surface area (Å²) < 4.78 is 15.9. The van der Waals surface area contributed by atoms with E-state index < -0.39 is 37.3 Å². The summed E-state index contributed by atoms with van der Waals surface area (Å²) in [6, 6.07) is 8.99. The lowest BCUT2D eigenvalue weighted by molar-refractivity contribution is -0.277. The van der Waals surface area contributed by atoms with Crippen molar-refractivity contribution in [3.8, 4) is 34.1 Å². The molecule has 0 amide bonds. The van der Waals surface area contributed by atoms with Gasteiger partial charge in [0, 0.05) is 6.07 Å². The Balaban J connectivity index is 1.89. The van der Waals surface area contributed by atoms with Gasteiger partial charge in [-0.1, -0.05) is 6.07 Å². The summed E-state index contributed by atoms with van der Waals surface area (Å²) in [5.41, 5.74) is 1.14. The predicted octanol–water partition coefficient (Wildman–Crippen LogP) is -0.0479. The van der Waals surface area contributed by atoms with Gasteiger partial charge in [0.05, 0.1) is 13.7 Å². The minimum Gasteiger partial charge on any atom is -0.508 e. The number of rotatable bonds is 5. The Kier molecular flexibility index (Phi) is 5.92. The Hall–Kier alpha value is -2.56. The van der Waals surface area contributed by atoms with Crippen LogP contribution in [-0.4, -0.2) is 75.1 Å². The van der Waals surface area contributed by atoms with E-state index >= 15 is 0 Å². The molecule has 0 aromatic heterocycles. The van der Waals surface area contributed by atoms with Crippen LogP contribution in [0.25, 0.3) is 11.1 Å². The smallest absolute Gasteiger partial charge is 0.229 e. The molecular formula is C19H22O9. The fourth-order valence-corrected chi connectivity index (χ4v) is 2.95. The van der Waals surface area contributed by atoms with E-state index in [2.05, 4.69) is 0 Å². The molecule has 1 saturated heterocycles. The minimum absolute atomic E-state index is 0.0150. The second-order valence-corrected chi connectivity index (χ2v) is 6.42. The van der Waals surface area contributed by atoms with Gasteiger partial charge in [-0.2, -0.15) is 0 Å². The molecule has 9 nitrogen and oxygen atoms in total. The molecule has 9 heteroatoms. The molecule has 28 heavy (non-hydrogen) atoms. The molecule has 0 saturated carbocycles. The zero-order valence-corrected chi connectivity index (χ0v) is 15.0. The Bertz CT molecular complexity index is 823. The van der Waals surface area contributed by atoms with E-state index in [1.165, 1.54) is 31.4 Å². The average molecular weight is 394 g/mol. The van der Waals surface area contributed by atoms with Crippen molar-refractivity contribution in [2.75, 3.05) is 13.7 Å². The maximum atomic E-state index is 10.1. The van der Waals surface area contributed by atoms with Gasteiger partial charge >= 0.3 is 0 Å². The molecule has 152 valence electrons. The van der Waals surface area contributed by atoms with Gasteiger partial charge in [-0.3, -0.25) is 0 Å². The van der Waals surface area contributed by atoms with E-state index in [1.807, 2.05) is 0 Å². The fraction of sp³-hybridized carbons (Fsp3) is 0.368. The third-order valence-electron chi connectivity index (χ3n) is 4.51. The molecule has 5 atom stereocenters. The maximum absolute atomic E-state index is 10.1. The van der Waals surface area contributed by atoms with Gasteiger partial charge in [-0.25, -0.2) is 0 Å². The molecule has 0 spiro atoms. The molecule has 1 aliphatic rings. The monoisotopic (exact) mass is 394 g/mol. The van der Waals surface area contributed by atoms with Crippen molar-refractivity contribution in [2.45, 2.75) is 30.7 Å². The molecule has 2 aromatic carbocycles. The predicted molar refractivity (Wildman–Crippen MR) is 96.2 cm³/mol. The summed E-state index contributed by atoms with van der Waals surface area (Å²) in [5, 5.41) is 59.0. The first-order valence-corrected chi connectivity index (χ1v) is 8.52.